The molecule has 0 aliphatic carbocycles. The van der Waals surface area contributed by atoms with E-state index in [1.54, 1.807) is 6.92 Å². The topological polar surface area (TPSA) is 89.4 Å². The van der Waals surface area contributed by atoms with Gasteiger partial charge in [0.05, 0.1) is 0 Å². The zero-order valence-electron chi connectivity index (χ0n) is 7.53. The first-order chi connectivity index (χ1) is 5.41. The van der Waals surface area contributed by atoms with Gasteiger partial charge in [0.15, 0.2) is 0 Å². The lowest BCUT2D eigenvalue weighted by Crippen LogP contribution is -2.40. The van der Waals surface area contributed by atoms with Gasteiger partial charge in [0.2, 0.25) is 0 Å². The van der Waals surface area contributed by atoms with E-state index < -0.39 is 10.2 Å². The van der Waals surface area contributed by atoms with Gasteiger partial charge in [0.1, 0.15) is 0 Å². The Labute approximate surface area is 73.9 Å². The summed E-state index contributed by atoms with van der Waals surface area (Å²) in [4.78, 5) is 0. The van der Waals surface area contributed by atoms with Crippen molar-refractivity contribution in [2.24, 2.45) is 16.8 Å². The lowest BCUT2D eigenvalue weighted by molar-refractivity contribution is 0.371. The summed E-state index contributed by atoms with van der Waals surface area (Å²) in [6.07, 6.45) is 0. The summed E-state index contributed by atoms with van der Waals surface area (Å²) in [5.41, 5.74) is 5.36. The second kappa shape index (κ2) is 4.76. The molecule has 1 atom stereocenters. The van der Waals surface area contributed by atoms with Crippen LogP contribution in [0.25, 0.3) is 0 Å². The number of nitrogens with zero attached hydrogens (tertiary/aromatic N) is 1. The third kappa shape index (κ3) is 4.01. The first kappa shape index (κ1) is 11.8. The molecule has 12 heavy (non-hydrogen) atoms. The van der Waals surface area contributed by atoms with Gasteiger partial charge >= 0.3 is 0 Å². The van der Waals surface area contributed by atoms with Gasteiger partial charge in [0, 0.05) is 13.1 Å². The summed E-state index contributed by atoms with van der Waals surface area (Å²) in [5, 5.41) is 4.95. The fourth-order valence-electron chi connectivity index (χ4n) is 0.835. The number of rotatable bonds is 5. The molecule has 0 fully saturated rings. The van der Waals surface area contributed by atoms with Gasteiger partial charge in [-0.15, -0.1) is 0 Å². The van der Waals surface area contributed by atoms with Crippen LogP contribution in [0.4, 0.5) is 0 Å². The van der Waals surface area contributed by atoms with Gasteiger partial charge in [0.25, 0.3) is 10.2 Å². The normalized spacial score (nSPS) is 15.1. The molecule has 0 amide bonds. The second-order valence-electron chi connectivity index (χ2n) is 2.84. The highest BCUT2D eigenvalue weighted by molar-refractivity contribution is 7.86. The molecule has 0 aromatic carbocycles. The van der Waals surface area contributed by atoms with Crippen molar-refractivity contribution in [1.82, 2.24) is 4.31 Å². The summed E-state index contributed by atoms with van der Waals surface area (Å²) in [6, 6.07) is 0. The molecule has 6 heteroatoms. The van der Waals surface area contributed by atoms with Crippen LogP contribution in [0.15, 0.2) is 0 Å². The lowest BCUT2D eigenvalue weighted by atomic mass is 10.2. The van der Waals surface area contributed by atoms with E-state index in [-0.39, 0.29) is 5.92 Å². The van der Waals surface area contributed by atoms with Crippen molar-refractivity contribution in [3.05, 3.63) is 0 Å². The van der Waals surface area contributed by atoms with Crippen molar-refractivity contribution in [2.45, 2.75) is 13.8 Å². The quantitative estimate of drug-likeness (QED) is 0.596. The smallest absolute Gasteiger partial charge is 0.276 e. The Bertz CT molecular complexity index is 215. The lowest BCUT2D eigenvalue weighted by Gasteiger charge is -2.20. The van der Waals surface area contributed by atoms with E-state index in [4.69, 9.17) is 10.9 Å². The summed E-state index contributed by atoms with van der Waals surface area (Å²) in [5.74, 6) is 0.142. The van der Waals surface area contributed by atoms with Gasteiger partial charge in [-0.3, -0.25) is 0 Å². The number of hydrogen-bond acceptors (Lipinski definition) is 3. The van der Waals surface area contributed by atoms with Crippen LogP contribution in [0, 0.1) is 5.92 Å². The molecule has 0 aromatic heterocycles. The Morgan fingerprint density at radius 2 is 2.00 bits per heavy atom. The SMILES string of the molecule is CCN(CC(C)CN)S(N)(=O)=O. The van der Waals surface area contributed by atoms with E-state index in [0.717, 1.165) is 0 Å². The third-order valence-electron chi connectivity index (χ3n) is 1.63. The molecular weight excluding hydrogens is 178 g/mol. The summed E-state index contributed by atoms with van der Waals surface area (Å²) in [7, 11) is -3.54. The number of hydrogen-bond donors (Lipinski definition) is 2. The Hall–Kier alpha value is -0.170. The maximum Gasteiger partial charge on any atom is 0.276 e. The largest absolute Gasteiger partial charge is 0.330 e. The van der Waals surface area contributed by atoms with Crippen molar-refractivity contribution < 1.29 is 8.42 Å². The molecule has 1 unspecified atom stereocenters. The second-order valence-corrected chi connectivity index (χ2v) is 4.38. The zero-order valence-corrected chi connectivity index (χ0v) is 8.34. The summed E-state index contributed by atoms with van der Waals surface area (Å²) >= 11 is 0. The summed E-state index contributed by atoms with van der Waals surface area (Å²) in [6.45, 7) is 4.88. The summed E-state index contributed by atoms with van der Waals surface area (Å²) < 4.78 is 23.0. The molecule has 0 saturated carbocycles. The molecule has 74 valence electrons. The van der Waals surface area contributed by atoms with E-state index in [1.165, 1.54) is 4.31 Å². The van der Waals surface area contributed by atoms with Crippen molar-refractivity contribution in [3.63, 3.8) is 0 Å². The molecule has 0 rings (SSSR count). The van der Waals surface area contributed by atoms with Crippen LogP contribution >= 0.6 is 0 Å². The predicted octanol–water partition coefficient (Wildman–Crippen LogP) is -0.893. The van der Waals surface area contributed by atoms with E-state index in [9.17, 15) is 8.42 Å². The highest BCUT2D eigenvalue weighted by atomic mass is 32.2. The Balaban J connectivity index is 4.20. The Morgan fingerprint density at radius 1 is 1.50 bits per heavy atom. The van der Waals surface area contributed by atoms with Gasteiger partial charge < -0.3 is 5.73 Å². The minimum absolute atomic E-state index is 0.142. The molecule has 0 aliphatic heterocycles. The van der Waals surface area contributed by atoms with Crippen molar-refractivity contribution in [3.8, 4) is 0 Å². The molecule has 0 heterocycles. The molecule has 5 nitrogen and oxygen atoms in total. The third-order valence-corrected chi connectivity index (χ3v) is 2.76. The van der Waals surface area contributed by atoms with E-state index >= 15 is 0 Å². The van der Waals surface area contributed by atoms with Gasteiger partial charge in [-0.2, -0.15) is 12.7 Å². The zero-order chi connectivity index (χ0) is 9.78. The fraction of sp³-hybridized carbons (Fsp3) is 1.00. The molecule has 0 spiro atoms. The maximum atomic E-state index is 10.9. The molecule has 0 aliphatic rings. The van der Waals surface area contributed by atoms with Crippen LogP contribution in [0.2, 0.25) is 0 Å². The average Bonchev–Trinajstić information content (AvgIpc) is 1.97. The Morgan fingerprint density at radius 3 is 2.25 bits per heavy atom. The van der Waals surface area contributed by atoms with Crippen LogP contribution in [0.1, 0.15) is 13.8 Å². The fourth-order valence-corrected chi connectivity index (χ4v) is 1.66. The molecule has 0 saturated heterocycles. The average molecular weight is 195 g/mol. The minimum Gasteiger partial charge on any atom is -0.330 e. The van der Waals surface area contributed by atoms with Gasteiger partial charge in [-0.25, -0.2) is 5.14 Å². The van der Waals surface area contributed by atoms with E-state index in [2.05, 4.69) is 0 Å². The highest BCUT2D eigenvalue weighted by Crippen LogP contribution is 2.00. The first-order valence-corrected chi connectivity index (χ1v) is 5.40. The predicted molar refractivity (Wildman–Crippen MR) is 48.6 cm³/mol. The molecule has 0 aromatic rings. The van der Waals surface area contributed by atoms with Gasteiger partial charge in [-0.05, 0) is 12.5 Å². The van der Waals surface area contributed by atoms with Crippen LogP contribution < -0.4 is 10.9 Å². The van der Waals surface area contributed by atoms with Crippen molar-refractivity contribution in [2.75, 3.05) is 19.6 Å². The van der Waals surface area contributed by atoms with E-state index in [0.29, 0.717) is 19.6 Å². The van der Waals surface area contributed by atoms with Crippen molar-refractivity contribution in [1.29, 1.82) is 0 Å². The first-order valence-electron chi connectivity index (χ1n) is 3.89. The van der Waals surface area contributed by atoms with Crippen LogP contribution in [0.5, 0.6) is 0 Å². The molecule has 0 radical (unpaired) electrons. The van der Waals surface area contributed by atoms with Crippen LogP contribution in [-0.2, 0) is 10.2 Å². The van der Waals surface area contributed by atoms with E-state index in [1.807, 2.05) is 6.92 Å². The van der Waals surface area contributed by atoms with Crippen LogP contribution in [-0.4, -0.2) is 32.4 Å². The standard InChI is InChI=1S/C6H17N3O2S/c1-3-9(12(8,10)11)5-6(2)4-7/h6H,3-5,7H2,1-2H3,(H2,8,10,11). The van der Waals surface area contributed by atoms with Gasteiger partial charge in [-0.1, -0.05) is 13.8 Å². The Kier molecular flexibility index (Phi) is 4.69. The highest BCUT2D eigenvalue weighted by Gasteiger charge is 2.16. The minimum atomic E-state index is -3.54. The van der Waals surface area contributed by atoms with Crippen LogP contribution in [0.3, 0.4) is 0 Å². The molecule has 4 N–H and O–H groups in total. The van der Waals surface area contributed by atoms with Crippen molar-refractivity contribution >= 4 is 10.2 Å². The number of nitrogens with two attached hydrogens (primary N) is 2. The molecular formula is C6H17N3O2S. The monoisotopic (exact) mass is 195 g/mol. The molecule has 0 bridgehead atoms. The maximum absolute atomic E-state index is 10.9.